The van der Waals surface area contributed by atoms with Gasteiger partial charge in [-0.1, -0.05) is 31.5 Å². The minimum absolute atomic E-state index is 0.0684. The van der Waals surface area contributed by atoms with Gasteiger partial charge in [0.25, 0.3) is 0 Å². The van der Waals surface area contributed by atoms with Crippen molar-refractivity contribution >= 4 is 0 Å². The number of likely N-dealkylation sites (tertiary alicyclic amines) is 1. The van der Waals surface area contributed by atoms with Crippen molar-refractivity contribution in [2.45, 2.75) is 32.7 Å². The fourth-order valence-corrected chi connectivity index (χ4v) is 2.50. The van der Waals surface area contributed by atoms with E-state index >= 15 is 0 Å². The lowest BCUT2D eigenvalue weighted by atomic mass is 9.95. The lowest BCUT2D eigenvalue weighted by Gasteiger charge is -2.32. The third kappa shape index (κ3) is 2.82. The van der Waals surface area contributed by atoms with E-state index in [9.17, 15) is 4.39 Å². The topological polar surface area (TPSA) is 3.24 Å². The third-order valence-electron chi connectivity index (χ3n) is 3.53. The third-order valence-corrected chi connectivity index (χ3v) is 3.53. The number of halogens is 1. The monoisotopic (exact) mass is 221 g/mol. The molecule has 0 aliphatic carbocycles. The molecule has 2 rings (SSSR count). The normalized spacial score (nSPS) is 22.2. The Kier molecular flexibility index (Phi) is 3.94. The molecule has 0 saturated carbocycles. The van der Waals surface area contributed by atoms with Crippen molar-refractivity contribution in [1.29, 1.82) is 0 Å². The Balaban J connectivity index is 1.97. The van der Waals surface area contributed by atoms with Gasteiger partial charge in [0.1, 0.15) is 5.82 Å². The summed E-state index contributed by atoms with van der Waals surface area (Å²) in [5, 5.41) is 0. The van der Waals surface area contributed by atoms with Crippen LogP contribution in [0.5, 0.6) is 0 Å². The van der Waals surface area contributed by atoms with E-state index < -0.39 is 0 Å². The maximum absolute atomic E-state index is 13.5. The van der Waals surface area contributed by atoms with E-state index in [4.69, 9.17) is 0 Å². The van der Waals surface area contributed by atoms with Crippen molar-refractivity contribution in [3.05, 3.63) is 35.6 Å². The van der Waals surface area contributed by atoms with Crippen LogP contribution in [0, 0.1) is 11.7 Å². The van der Waals surface area contributed by atoms with Crippen LogP contribution in [0.2, 0.25) is 0 Å². The molecular weight excluding hydrogens is 201 g/mol. The molecule has 0 radical (unpaired) electrons. The van der Waals surface area contributed by atoms with Crippen molar-refractivity contribution in [3.63, 3.8) is 0 Å². The van der Waals surface area contributed by atoms with Gasteiger partial charge in [0.15, 0.2) is 0 Å². The van der Waals surface area contributed by atoms with Gasteiger partial charge in [-0.05, 0) is 31.4 Å². The summed E-state index contributed by atoms with van der Waals surface area (Å²) in [4.78, 5) is 2.38. The van der Waals surface area contributed by atoms with Crippen molar-refractivity contribution in [2.75, 3.05) is 13.1 Å². The summed E-state index contributed by atoms with van der Waals surface area (Å²) in [5.41, 5.74) is 0.833. The molecular formula is C14H20FN. The summed E-state index contributed by atoms with van der Waals surface area (Å²) >= 11 is 0. The average Bonchev–Trinajstić information content (AvgIpc) is 2.32. The van der Waals surface area contributed by atoms with Crippen LogP contribution in [0.25, 0.3) is 0 Å². The molecule has 0 unspecified atom stereocenters. The van der Waals surface area contributed by atoms with E-state index in [0.717, 1.165) is 31.1 Å². The molecule has 16 heavy (non-hydrogen) atoms. The molecule has 1 aliphatic heterocycles. The predicted molar refractivity (Wildman–Crippen MR) is 64.7 cm³/mol. The SMILES string of the molecule is CC[C@@H]1CCCN(Cc2ccccc2F)C1. The Morgan fingerprint density at radius 2 is 2.19 bits per heavy atom. The quantitative estimate of drug-likeness (QED) is 0.755. The van der Waals surface area contributed by atoms with Crippen molar-refractivity contribution in [1.82, 2.24) is 4.90 Å². The molecule has 1 aromatic rings. The van der Waals surface area contributed by atoms with Gasteiger partial charge in [-0.25, -0.2) is 4.39 Å². The highest BCUT2D eigenvalue weighted by atomic mass is 19.1. The summed E-state index contributed by atoms with van der Waals surface area (Å²) in [6, 6.07) is 7.12. The van der Waals surface area contributed by atoms with E-state index in [1.165, 1.54) is 19.3 Å². The molecule has 2 heteroatoms. The van der Waals surface area contributed by atoms with Crippen LogP contribution in [0.4, 0.5) is 4.39 Å². The van der Waals surface area contributed by atoms with Crippen LogP contribution >= 0.6 is 0 Å². The second-order valence-corrected chi connectivity index (χ2v) is 4.74. The maximum atomic E-state index is 13.5. The summed E-state index contributed by atoms with van der Waals surface area (Å²) in [6.45, 7) is 5.26. The Morgan fingerprint density at radius 1 is 1.38 bits per heavy atom. The van der Waals surface area contributed by atoms with E-state index in [-0.39, 0.29) is 5.82 Å². The molecule has 0 bridgehead atoms. The largest absolute Gasteiger partial charge is 0.299 e. The molecule has 0 N–H and O–H groups in total. The first kappa shape index (κ1) is 11.6. The van der Waals surface area contributed by atoms with Gasteiger partial charge in [0.05, 0.1) is 0 Å². The van der Waals surface area contributed by atoms with Gasteiger partial charge < -0.3 is 0 Å². The van der Waals surface area contributed by atoms with Crippen molar-refractivity contribution in [2.24, 2.45) is 5.92 Å². The zero-order chi connectivity index (χ0) is 11.4. The van der Waals surface area contributed by atoms with Gasteiger partial charge in [0.2, 0.25) is 0 Å². The van der Waals surface area contributed by atoms with E-state index in [2.05, 4.69) is 11.8 Å². The second kappa shape index (κ2) is 5.44. The van der Waals surface area contributed by atoms with Crippen LogP contribution in [0.3, 0.4) is 0 Å². The second-order valence-electron chi connectivity index (χ2n) is 4.74. The lowest BCUT2D eigenvalue weighted by molar-refractivity contribution is 0.163. The summed E-state index contributed by atoms with van der Waals surface area (Å²) in [6.07, 6.45) is 3.84. The maximum Gasteiger partial charge on any atom is 0.127 e. The van der Waals surface area contributed by atoms with Crippen molar-refractivity contribution < 1.29 is 4.39 Å². The Hall–Kier alpha value is -0.890. The van der Waals surface area contributed by atoms with E-state index in [1.807, 2.05) is 12.1 Å². The minimum Gasteiger partial charge on any atom is -0.299 e. The van der Waals surface area contributed by atoms with Gasteiger partial charge in [-0.2, -0.15) is 0 Å². The first-order chi connectivity index (χ1) is 7.79. The summed E-state index contributed by atoms with van der Waals surface area (Å²) in [7, 11) is 0. The highest BCUT2D eigenvalue weighted by Crippen LogP contribution is 2.21. The molecule has 1 nitrogen and oxygen atoms in total. The van der Waals surface area contributed by atoms with Crippen LogP contribution < -0.4 is 0 Å². The fourth-order valence-electron chi connectivity index (χ4n) is 2.50. The predicted octanol–water partition coefficient (Wildman–Crippen LogP) is 3.45. The molecule has 0 spiro atoms. The standard InChI is InChI=1S/C14H20FN/c1-2-12-6-5-9-16(10-12)11-13-7-3-4-8-14(13)15/h3-4,7-8,12H,2,5-6,9-11H2,1H3/t12-/m1/s1. The Bertz CT molecular complexity index is 337. The lowest BCUT2D eigenvalue weighted by Crippen LogP contribution is -2.34. The van der Waals surface area contributed by atoms with Gasteiger partial charge in [-0.3, -0.25) is 4.90 Å². The zero-order valence-corrected chi connectivity index (χ0v) is 9.95. The first-order valence-electron chi connectivity index (χ1n) is 6.25. The molecule has 1 aromatic carbocycles. The fraction of sp³-hybridized carbons (Fsp3) is 0.571. The summed E-state index contributed by atoms with van der Waals surface area (Å²) < 4.78 is 13.5. The minimum atomic E-state index is -0.0684. The molecule has 1 saturated heterocycles. The molecule has 0 aromatic heterocycles. The zero-order valence-electron chi connectivity index (χ0n) is 9.95. The van der Waals surface area contributed by atoms with Crippen LogP contribution in [0.15, 0.2) is 24.3 Å². The molecule has 1 heterocycles. The number of hydrogen-bond acceptors (Lipinski definition) is 1. The van der Waals surface area contributed by atoms with Gasteiger partial charge in [0, 0.05) is 18.7 Å². The average molecular weight is 221 g/mol. The van der Waals surface area contributed by atoms with Crippen LogP contribution in [-0.4, -0.2) is 18.0 Å². The number of nitrogens with zero attached hydrogens (tertiary/aromatic N) is 1. The smallest absolute Gasteiger partial charge is 0.127 e. The number of hydrogen-bond donors (Lipinski definition) is 0. The van der Waals surface area contributed by atoms with Gasteiger partial charge in [-0.15, -0.1) is 0 Å². The highest BCUT2D eigenvalue weighted by Gasteiger charge is 2.18. The van der Waals surface area contributed by atoms with Gasteiger partial charge >= 0.3 is 0 Å². The first-order valence-corrected chi connectivity index (χ1v) is 6.25. The highest BCUT2D eigenvalue weighted by molar-refractivity contribution is 5.17. The Morgan fingerprint density at radius 3 is 2.94 bits per heavy atom. The Labute approximate surface area is 97.3 Å². The molecule has 88 valence electrons. The molecule has 1 aliphatic rings. The molecule has 1 atom stereocenters. The van der Waals surface area contributed by atoms with Crippen LogP contribution in [0.1, 0.15) is 31.7 Å². The molecule has 0 amide bonds. The summed E-state index contributed by atoms with van der Waals surface area (Å²) in [5.74, 6) is 0.738. The number of benzene rings is 1. The number of piperidine rings is 1. The molecule has 1 fully saturated rings. The van der Waals surface area contributed by atoms with E-state index in [1.54, 1.807) is 12.1 Å². The van der Waals surface area contributed by atoms with Crippen molar-refractivity contribution in [3.8, 4) is 0 Å². The van der Waals surface area contributed by atoms with E-state index in [0.29, 0.717) is 0 Å². The number of rotatable bonds is 3. The van der Waals surface area contributed by atoms with Crippen LogP contribution in [-0.2, 0) is 6.54 Å².